The molecule has 1 amide bonds. The van der Waals surface area contributed by atoms with Crippen LogP contribution < -0.4 is 5.32 Å². The van der Waals surface area contributed by atoms with E-state index in [2.05, 4.69) is 34.6 Å². The monoisotopic (exact) mass is 428 g/mol. The first kappa shape index (κ1) is 20.9. The molecule has 1 heterocycles. The molecule has 5 nitrogen and oxygen atoms in total. The number of carbonyl (C=O) groups excluding carboxylic acids is 1. The smallest absolute Gasteiger partial charge is 0.234 e. The molecule has 0 saturated heterocycles. The fraction of sp³-hybridized carbons (Fsp3) is 0.160. The second-order valence-corrected chi connectivity index (χ2v) is 8.37. The zero-order chi connectivity index (χ0) is 21.8. The lowest BCUT2D eigenvalue weighted by Crippen LogP contribution is -2.15. The van der Waals surface area contributed by atoms with E-state index in [4.69, 9.17) is 0 Å². The van der Waals surface area contributed by atoms with Crippen LogP contribution in [-0.4, -0.2) is 26.4 Å². The van der Waals surface area contributed by atoms with Gasteiger partial charge in [0.15, 0.2) is 11.0 Å². The summed E-state index contributed by atoms with van der Waals surface area (Å²) in [7, 11) is 0. The molecule has 3 aromatic carbocycles. The quantitative estimate of drug-likeness (QED) is 0.407. The van der Waals surface area contributed by atoms with Gasteiger partial charge in [-0.15, -0.1) is 10.2 Å². The van der Waals surface area contributed by atoms with Crippen molar-refractivity contribution in [2.24, 2.45) is 0 Å². The van der Waals surface area contributed by atoms with Crippen LogP contribution in [0, 0.1) is 20.8 Å². The number of rotatable bonds is 6. The first-order valence-electron chi connectivity index (χ1n) is 10.1. The van der Waals surface area contributed by atoms with Gasteiger partial charge in [0.05, 0.1) is 5.75 Å². The standard InChI is InChI=1S/C25H24N4OS/c1-17-9-7-11-20(15-17)24-27-28-25(29(24)21-12-5-4-6-13-21)31-16-23(30)26-22-14-8-10-18(2)19(22)3/h4-15H,16H2,1-3H3,(H,26,30). The SMILES string of the molecule is Cc1cccc(-c2nnc(SCC(=O)Nc3cccc(C)c3C)n2-c2ccccc2)c1. The summed E-state index contributed by atoms with van der Waals surface area (Å²) in [6, 6.07) is 24.1. The largest absolute Gasteiger partial charge is 0.325 e. The number of nitrogens with one attached hydrogen (secondary N) is 1. The van der Waals surface area contributed by atoms with E-state index in [-0.39, 0.29) is 11.7 Å². The van der Waals surface area contributed by atoms with Crippen LogP contribution in [0.25, 0.3) is 17.1 Å². The molecule has 1 aromatic heterocycles. The molecule has 0 aliphatic carbocycles. The van der Waals surface area contributed by atoms with E-state index in [1.165, 1.54) is 11.8 Å². The van der Waals surface area contributed by atoms with Crippen molar-refractivity contribution in [1.82, 2.24) is 14.8 Å². The van der Waals surface area contributed by atoms with Crippen LogP contribution in [0.1, 0.15) is 16.7 Å². The minimum atomic E-state index is -0.0709. The molecule has 0 aliphatic rings. The van der Waals surface area contributed by atoms with Gasteiger partial charge in [-0.3, -0.25) is 9.36 Å². The number of carbonyl (C=O) groups is 1. The highest BCUT2D eigenvalue weighted by Crippen LogP contribution is 2.28. The van der Waals surface area contributed by atoms with E-state index in [0.29, 0.717) is 5.16 Å². The van der Waals surface area contributed by atoms with Gasteiger partial charge in [0.25, 0.3) is 0 Å². The van der Waals surface area contributed by atoms with Crippen molar-refractivity contribution >= 4 is 23.4 Å². The van der Waals surface area contributed by atoms with Crippen LogP contribution in [-0.2, 0) is 4.79 Å². The summed E-state index contributed by atoms with van der Waals surface area (Å²) in [5, 5.41) is 12.5. The number of hydrogen-bond donors (Lipinski definition) is 1. The third kappa shape index (κ3) is 4.70. The Labute approximate surface area is 186 Å². The average molecular weight is 429 g/mol. The summed E-state index contributed by atoms with van der Waals surface area (Å²) in [5.41, 5.74) is 6.18. The van der Waals surface area contributed by atoms with Gasteiger partial charge in [-0.2, -0.15) is 0 Å². The minimum Gasteiger partial charge on any atom is -0.325 e. The molecule has 6 heteroatoms. The molecule has 0 aliphatic heterocycles. The first-order chi connectivity index (χ1) is 15.0. The zero-order valence-electron chi connectivity index (χ0n) is 17.8. The molecule has 4 rings (SSSR count). The average Bonchev–Trinajstić information content (AvgIpc) is 3.20. The predicted octanol–water partition coefficient (Wildman–Crippen LogP) is 5.59. The normalized spacial score (nSPS) is 10.8. The molecule has 1 N–H and O–H groups in total. The van der Waals surface area contributed by atoms with Crippen molar-refractivity contribution in [1.29, 1.82) is 0 Å². The lowest BCUT2D eigenvalue weighted by atomic mass is 10.1. The molecule has 31 heavy (non-hydrogen) atoms. The molecule has 0 atom stereocenters. The van der Waals surface area contributed by atoms with E-state index in [1.54, 1.807) is 0 Å². The van der Waals surface area contributed by atoms with Gasteiger partial charge in [-0.1, -0.05) is 65.9 Å². The minimum absolute atomic E-state index is 0.0709. The van der Waals surface area contributed by atoms with Gasteiger partial charge < -0.3 is 5.32 Å². The Kier molecular flexibility index (Phi) is 6.18. The maximum absolute atomic E-state index is 12.6. The highest BCUT2D eigenvalue weighted by Gasteiger charge is 2.17. The number of hydrogen-bond acceptors (Lipinski definition) is 4. The number of aryl methyl sites for hydroxylation is 2. The predicted molar refractivity (Wildman–Crippen MR) is 127 cm³/mol. The number of para-hydroxylation sites is 1. The number of amides is 1. The maximum atomic E-state index is 12.6. The van der Waals surface area contributed by atoms with Crippen molar-refractivity contribution in [3.63, 3.8) is 0 Å². The Balaban J connectivity index is 1.60. The summed E-state index contributed by atoms with van der Waals surface area (Å²) in [4.78, 5) is 12.6. The van der Waals surface area contributed by atoms with Crippen molar-refractivity contribution in [3.05, 3.63) is 89.5 Å². The third-order valence-corrected chi connectivity index (χ3v) is 6.06. The molecule has 0 radical (unpaired) electrons. The van der Waals surface area contributed by atoms with Gasteiger partial charge in [0.1, 0.15) is 0 Å². The van der Waals surface area contributed by atoms with Crippen molar-refractivity contribution in [3.8, 4) is 17.1 Å². The molecule has 0 bridgehead atoms. The zero-order valence-corrected chi connectivity index (χ0v) is 18.6. The fourth-order valence-electron chi connectivity index (χ4n) is 3.35. The third-order valence-electron chi connectivity index (χ3n) is 5.14. The van der Waals surface area contributed by atoms with Gasteiger partial charge in [-0.25, -0.2) is 0 Å². The molecule has 0 saturated carbocycles. The maximum Gasteiger partial charge on any atom is 0.234 e. The van der Waals surface area contributed by atoms with Crippen molar-refractivity contribution in [2.45, 2.75) is 25.9 Å². The van der Waals surface area contributed by atoms with Gasteiger partial charge in [0.2, 0.25) is 5.91 Å². The van der Waals surface area contributed by atoms with E-state index < -0.39 is 0 Å². The summed E-state index contributed by atoms with van der Waals surface area (Å²) in [6.07, 6.45) is 0. The van der Waals surface area contributed by atoms with Gasteiger partial charge in [-0.05, 0) is 56.2 Å². The molecular formula is C25H24N4OS. The second-order valence-electron chi connectivity index (χ2n) is 7.43. The van der Waals surface area contributed by atoms with Crippen LogP contribution in [0.15, 0.2) is 78.0 Å². The van der Waals surface area contributed by atoms with E-state index in [1.807, 2.05) is 79.1 Å². The van der Waals surface area contributed by atoms with E-state index in [0.717, 1.165) is 39.5 Å². The van der Waals surface area contributed by atoms with E-state index >= 15 is 0 Å². The second kappa shape index (κ2) is 9.18. The lowest BCUT2D eigenvalue weighted by molar-refractivity contribution is -0.113. The van der Waals surface area contributed by atoms with Crippen LogP contribution in [0.2, 0.25) is 0 Å². The summed E-state index contributed by atoms with van der Waals surface area (Å²) in [6.45, 7) is 6.10. The molecule has 4 aromatic rings. The topological polar surface area (TPSA) is 59.8 Å². The number of aromatic nitrogens is 3. The summed E-state index contributed by atoms with van der Waals surface area (Å²) >= 11 is 1.38. The molecule has 0 unspecified atom stereocenters. The Morgan fingerprint density at radius 1 is 0.935 bits per heavy atom. The highest BCUT2D eigenvalue weighted by molar-refractivity contribution is 7.99. The molecular weight excluding hydrogens is 404 g/mol. The molecule has 0 fully saturated rings. The van der Waals surface area contributed by atoms with Crippen LogP contribution >= 0.6 is 11.8 Å². The van der Waals surface area contributed by atoms with Crippen molar-refractivity contribution < 1.29 is 4.79 Å². The number of thioether (sulfide) groups is 1. The number of benzene rings is 3. The Morgan fingerprint density at radius 3 is 2.48 bits per heavy atom. The van der Waals surface area contributed by atoms with Crippen LogP contribution in [0.4, 0.5) is 5.69 Å². The van der Waals surface area contributed by atoms with Crippen LogP contribution in [0.3, 0.4) is 0 Å². The van der Waals surface area contributed by atoms with E-state index in [9.17, 15) is 4.79 Å². The molecule has 156 valence electrons. The Bertz CT molecular complexity index is 1220. The number of anilines is 1. The highest BCUT2D eigenvalue weighted by atomic mass is 32.2. The Hall–Kier alpha value is -3.38. The summed E-state index contributed by atoms with van der Waals surface area (Å²) in [5.74, 6) is 0.928. The van der Waals surface area contributed by atoms with Gasteiger partial charge in [0, 0.05) is 16.9 Å². The van der Waals surface area contributed by atoms with Crippen molar-refractivity contribution in [2.75, 3.05) is 11.1 Å². The lowest BCUT2D eigenvalue weighted by Gasteiger charge is -2.12. The molecule has 0 spiro atoms. The number of nitrogens with zero attached hydrogens (tertiary/aromatic N) is 3. The van der Waals surface area contributed by atoms with Gasteiger partial charge >= 0.3 is 0 Å². The first-order valence-corrected chi connectivity index (χ1v) is 11.1. The Morgan fingerprint density at radius 2 is 1.71 bits per heavy atom. The fourth-order valence-corrected chi connectivity index (χ4v) is 4.10. The summed E-state index contributed by atoms with van der Waals surface area (Å²) < 4.78 is 2.00. The van der Waals surface area contributed by atoms with Crippen LogP contribution in [0.5, 0.6) is 0 Å².